The summed E-state index contributed by atoms with van der Waals surface area (Å²) in [5.74, 6) is -0.555. The molecule has 2 rings (SSSR count). The summed E-state index contributed by atoms with van der Waals surface area (Å²) in [6, 6.07) is 0. The molecule has 1 aromatic heterocycles. The van der Waals surface area contributed by atoms with Crippen molar-refractivity contribution in [2.24, 2.45) is 0 Å². The molecule has 0 bridgehead atoms. The quantitative estimate of drug-likeness (QED) is 0.856. The van der Waals surface area contributed by atoms with Crippen molar-refractivity contribution in [1.82, 2.24) is 9.55 Å². The first kappa shape index (κ1) is 13.3. The van der Waals surface area contributed by atoms with Gasteiger partial charge in [-0.25, -0.2) is 4.79 Å². The van der Waals surface area contributed by atoms with E-state index in [4.69, 9.17) is 14.6 Å². The van der Waals surface area contributed by atoms with Crippen LogP contribution in [0.15, 0.2) is 11.0 Å². The van der Waals surface area contributed by atoms with Crippen LogP contribution in [-0.4, -0.2) is 39.1 Å². The van der Waals surface area contributed by atoms with Crippen LogP contribution in [0.4, 0.5) is 4.39 Å². The summed E-state index contributed by atoms with van der Waals surface area (Å²) >= 11 is 1.36. The van der Waals surface area contributed by atoms with Gasteiger partial charge >= 0.3 is 5.69 Å². The lowest BCUT2D eigenvalue weighted by molar-refractivity contribution is -0.00708. The van der Waals surface area contributed by atoms with E-state index in [-0.39, 0.29) is 19.1 Å². The van der Waals surface area contributed by atoms with E-state index >= 15 is 0 Å². The highest BCUT2D eigenvalue weighted by atomic mass is 32.2. The van der Waals surface area contributed by atoms with Crippen molar-refractivity contribution in [1.29, 1.82) is 0 Å². The first-order valence-corrected chi connectivity index (χ1v) is 6.50. The van der Waals surface area contributed by atoms with Crippen molar-refractivity contribution in [3.05, 3.63) is 22.5 Å². The molecule has 1 saturated heterocycles. The summed E-state index contributed by atoms with van der Waals surface area (Å²) in [7, 11) is 0. The molecular formula is C10H13FN2O4S. The van der Waals surface area contributed by atoms with Gasteiger partial charge in [-0.3, -0.25) is 4.57 Å². The van der Waals surface area contributed by atoms with Crippen LogP contribution < -0.4 is 10.4 Å². The van der Waals surface area contributed by atoms with Crippen LogP contribution in [0.3, 0.4) is 0 Å². The lowest BCUT2D eigenvalue weighted by Gasteiger charge is -2.14. The summed E-state index contributed by atoms with van der Waals surface area (Å²) in [4.78, 5) is 15.2. The number of hydrogen-bond acceptors (Lipinski definition) is 6. The van der Waals surface area contributed by atoms with Crippen LogP contribution in [0.1, 0.15) is 13.2 Å². The topological polar surface area (TPSA) is 73.6 Å². The molecule has 1 fully saturated rings. The molecule has 0 saturated carbocycles. The number of aromatic nitrogens is 2. The Morgan fingerprint density at radius 1 is 1.78 bits per heavy atom. The van der Waals surface area contributed by atoms with Gasteiger partial charge in [-0.05, 0) is 6.92 Å². The van der Waals surface area contributed by atoms with Crippen LogP contribution >= 0.6 is 11.8 Å². The molecule has 2 heterocycles. The van der Waals surface area contributed by atoms with Crippen LogP contribution in [0.5, 0.6) is 5.88 Å². The first-order valence-electron chi connectivity index (χ1n) is 5.45. The van der Waals surface area contributed by atoms with Crippen molar-refractivity contribution in [2.75, 3.05) is 19.0 Å². The number of halogens is 1. The smallest absolute Gasteiger partial charge is 0.353 e. The average molecular weight is 276 g/mol. The third kappa shape index (κ3) is 2.65. The standard InChI is InChI=1S/C10H13FN2O4S/c1-2-16-9-6(11)3-13(10(15)12-9)7-5-18-8(4-14)17-7/h3,7-8,14H,2,4-5H2,1H3. The zero-order chi connectivity index (χ0) is 13.1. The highest BCUT2D eigenvalue weighted by Gasteiger charge is 2.28. The Morgan fingerprint density at radius 2 is 2.56 bits per heavy atom. The van der Waals surface area contributed by atoms with E-state index in [1.165, 1.54) is 11.8 Å². The third-order valence-corrected chi connectivity index (χ3v) is 3.46. The van der Waals surface area contributed by atoms with Gasteiger partial charge in [0, 0.05) is 5.75 Å². The molecule has 0 radical (unpaired) electrons. The highest BCUT2D eigenvalue weighted by Crippen LogP contribution is 2.30. The lowest BCUT2D eigenvalue weighted by Crippen LogP contribution is -2.29. The fourth-order valence-electron chi connectivity index (χ4n) is 1.56. The van der Waals surface area contributed by atoms with Gasteiger partial charge in [0.2, 0.25) is 5.82 Å². The third-order valence-electron chi connectivity index (χ3n) is 2.35. The Kier molecular flexibility index (Phi) is 4.20. The zero-order valence-electron chi connectivity index (χ0n) is 9.71. The Balaban J connectivity index is 2.24. The molecule has 0 aliphatic carbocycles. The fraction of sp³-hybridized carbons (Fsp3) is 0.600. The molecule has 8 heteroatoms. The molecule has 100 valence electrons. The highest BCUT2D eigenvalue weighted by molar-refractivity contribution is 8.00. The van der Waals surface area contributed by atoms with Crippen molar-refractivity contribution in [2.45, 2.75) is 18.6 Å². The number of hydrogen-bond donors (Lipinski definition) is 1. The van der Waals surface area contributed by atoms with Gasteiger partial charge in [-0.1, -0.05) is 0 Å². The number of aliphatic hydroxyl groups excluding tert-OH is 1. The number of rotatable bonds is 4. The molecule has 0 aromatic carbocycles. The predicted octanol–water partition coefficient (Wildman–Crippen LogP) is 0.361. The molecule has 1 aliphatic heterocycles. The number of ether oxygens (including phenoxy) is 2. The average Bonchev–Trinajstić information content (AvgIpc) is 2.82. The van der Waals surface area contributed by atoms with Gasteiger partial charge in [0.15, 0.2) is 0 Å². The number of thioether (sulfide) groups is 1. The monoisotopic (exact) mass is 276 g/mol. The summed E-state index contributed by atoms with van der Waals surface area (Å²) < 4.78 is 24.9. The summed E-state index contributed by atoms with van der Waals surface area (Å²) in [6.07, 6.45) is 0.406. The maximum absolute atomic E-state index is 13.6. The minimum Gasteiger partial charge on any atom is -0.476 e. The molecular weight excluding hydrogens is 263 g/mol. The molecule has 2 unspecified atom stereocenters. The summed E-state index contributed by atoms with van der Waals surface area (Å²) in [5, 5.41) is 8.93. The van der Waals surface area contributed by atoms with Crippen molar-refractivity contribution >= 4 is 11.8 Å². The zero-order valence-corrected chi connectivity index (χ0v) is 10.5. The lowest BCUT2D eigenvalue weighted by atomic mass is 10.5. The maximum atomic E-state index is 13.6. The molecule has 1 aliphatic rings. The van der Waals surface area contributed by atoms with Gasteiger partial charge in [0.05, 0.1) is 19.4 Å². The van der Waals surface area contributed by atoms with Gasteiger partial charge in [-0.2, -0.15) is 9.37 Å². The SMILES string of the molecule is CCOc1nc(=O)n(C2CSC(CO)O2)cc1F. The van der Waals surface area contributed by atoms with E-state index in [1.54, 1.807) is 6.92 Å². The predicted molar refractivity (Wildman–Crippen MR) is 63.1 cm³/mol. The van der Waals surface area contributed by atoms with E-state index in [9.17, 15) is 9.18 Å². The minimum absolute atomic E-state index is 0.150. The molecule has 18 heavy (non-hydrogen) atoms. The van der Waals surface area contributed by atoms with Crippen LogP contribution in [-0.2, 0) is 4.74 Å². The van der Waals surface area contributed by atoms with E-state index in [1.807, 2.05) is 0 Å². The minimum atomic E-state index is -0.711. The Labute approximate surface area is 107 Å². The van der Waals surface area contributed by atoms with E-state index in [0.717, 1.165) is 10.8 Å². The van der Waals surface area contributed by atoms with Gasteiger partial charge in [0.1, 0.15) is 11.7 Å². The second-order valence-corrected chi connectivity index (χ2v) is 4.75. The van der Waals surface area contributed by atoms with E-state index < -0.39 is 23.2 Å². The largest absolute Gasteiger partial charge is 0.476 e. The van der Waals surface area contributed by atoms with Crippen LogP contribution in [0.2, 0.25) is 0 Å². The Bertz CT molecular complexity index is 481. The van der Waals surface area contributed by atoms with Crippen LogP contribution in [0.25, 0.3) is 0 Å². The number of aliphatic hydroxyl groups is 1. The second kappa shape index (κ2) is 5.68. The number of nitrogens with zero attached hydrogens (tertiary/aromatic N) is 2. The van der Waals surface area contributed by atoms with E-state index in [0.29, 0.717) is 5.75 Å². The van der Waals surface area contributed by atoms with Gasteiger partial charge in [-0.15, -0.1) is 11.8 Å². The molecule has 2 atom stereocenters. The Morgan fingerprint density at radius 3 is 3.17 bits per heavy atom. The Hall–Kier alpha value is -1.12. The molecule has 1 aromatic rings. The second-order valence-electron chi connectivity index (χ2n) is 3.55. The fourth-order valence-corrected chi connectivity index (χ4v) is 2.49. The van der Waals surface area contributed by atoms with Crippen molar-refractivity contribution < 1.29 is 19.0 Å². The molecule has 1 N–H and O–H groups in total. The molecule has 0 spiro atoms. The maximum Gasteiger partial charge on any atom is 0.353 e. The first-order chi connectivity index (χ1) is 8.65. The molecule has 0 amide bonds. The summed E-state index contributed by atoms with van der Waals surface area (Å²) in [6.45, 7) is 1.76. The van der Waals surface area contributed by atoms with Gasteiger partial charge in [0.25, 0.3) is 5.88 Å². The van der Waals surface area contributed by atoms with Gasteiger partial charge < -0.3 is 14.6 Å². The molecule has 6 nitrogen and oxygen atoms in total. The van der Waals surface area contributed by atoms with E-state index in [2.05, 4.69) is 4.98 Å². The summed E-state index contributed by atoms with van der Waals surface area (Å²) in [5.41, 5.74) is -1.03. The van der Waals surface area contributed by atoms with Crippen LogP contribution in [0, 0.1) is 5.82 Å². The normalized spacial score (nSPS) is 23.3. The van der Waals surface area contributed by atoms with Crippen molar-refractivity contribution in [3.63, 3.8) is 0 Å². The van der Waals surface area contributed by atoms with Crippen molar-refractivity contribution in [3.8, 4) is 5.88 Å².